The van der Waals surface area contributed by atoms with Crippen LogP contribution >= 0.6 is 24.0 Å². The summed E-state index contributed by atoms with van der Waals surface area (Å²) < 4.78 is 10.5. The molecule has 5 nitrogen and oxygen atoms in total. The second-order valence-corrected chi connectivity index (χ2v) is 6.52. The maximum Gasteiger partial charge on any atom is 0.191 e. The monoisotopic (exact) mass is 497 g/mol. The predicted molar refractivity (Wildman–Crippen MR) is 127 cm³/mol. The molecule has 2 aromatic carbocycles. The Morgan fingerprint density at radius 1 is 1.00 bits per heavy atom. The van der Waals surface area contributed by atoms with Crippen LogP contribution in [0.25, 0.3) is 0 Å². The molecule has 0 aliphatic rings. The SMILES string of the molecule is CN=C(NCCC(C)c1ccc(OC)cc1)NCc1ccccc1COC.I. The highest BCUT2D eigenvalue weighted by molar-refractivity contribution is 14.0. The fourth-order valence-corrected chi connectivity index (χ4v) is 2.93. The lowest BCUT2D eigenvalue weighted by Crippen LogP contribution is -2.37. The average Bonchev–Trinajstić information content (AvgIpc) is 2.71. The number of ether oxygens (including phenoxy) is 2. The van der Waals surface area contributed by atoms with Crippen LogP contribution in [0.15, 0.2) is 53.5 Å². The van der Waals surface area contributed by atoms with Gasteiger partial charge in [0.05, 0.1) is 13.7 Å². The van der Waals surface area contributed by atoms with E-state index in [0.29, 0.717) is 19.1 Å². The van der Waals surface area contributed by atoms with E-state index in [2.05, 4.69) is 46.8 Å². The van der Waals surface area contributed by atoms with E-state index < -0.39 is 0 Å². The van der Waals surface area contributed by atoms with Gasteiger partial charge in [0.15, 0.2) is 5.96 Å². The first kappa shape index (κ1) is 24.2. The van der Waals surface area contributed by atoms with Gasteiger partial charge >= 0.3 is 0 Å². The van der Waals surface area contributed by atoms with Gasteiger partial charge in [-0.05, 0) is 41.2 Å². The Balaban J connectivity index is 0.00000392. The molecule has 6 heteroatoms. The van der Waals surface area contributed by atoms with Crippen molar-refractivity contribution in [3.8, 4) is 5.75 Å². The Labute approximate surface area is 186 Å². The number of hydrogen-bond donors (Lipinski definition) is 2. The third-order valence-electron chi connectivity index (χ3n) is 4.64. The fraction of sp³-hybridized carbons (Fsp3) is 0.409. The van der Waals surface area contributed by atoms with Gasteiger partial charge in [0, 0.05) is 27.2 Å². The van der Waals surface area contributed by atoms with Crippen LogP contribution in [0.1, 0.15) is 36.0 Å². The van der Waals surface area contributed by atoms with Crippen LogP contribution in [0.5, 0.6) is 5.75 Å². The minimum absolute atomic E-state index is 0. The molecule has 0 aliphatic heterocycles. The van der Waals surface area contributed by atoms with E-state index in [0.717, 1.165) is 24.7 Å². The van der Waals surface area contributed by atoms with Crippen molar-refractivity contribution in [2.45, 2.75) is 32.4 Å². The quantitative estimate of drug-likeness (QED) is 0.308. The molecule has 0 aromatic heterocycles. The molecular weight excluding hydrogens is 465 g/mol. The molecule has 154 valence electrons. The third-order valence-corrected chi connectivity index (χ3v) is 4.64. The van der Waals surface area contributed by atoms with E-state index in [9.17, 15) is 0 Å². The molecule has 0 saturated heterocycles. The Hall–Kier alpha value is -1.80. The summed E-state index contributed by atoms with van der Waals surface area (Å²) in [5, 5.41) is 6.78. The number of hydrogen-bond acceptors (Lipinski definition) is 3. The summed E-state index contributed by atoms with van der Waals surface area (Å²) in [7, 11) is 5.20. The molecule has 0 heterocycles. The van der Waals surface area contributed by atoms with Crippen LogP contribution < -0.4 is 15.4 Å². The van der Waals surface area contributed by atoms with E-state index in [1.807, 2.05) is 24.3 Å². The summed E-state index contributed by atoms with van der Waals surface area (Å²) in [6.45, 7) is 4.42. The number of nitrogens with one attached hydrogen (secondary N) is 2. The predicted octanol–water partition coefficient (Wildman–Crippen LogP) is 4.32. The zero-order valence-corrected chi connectivity index (χ0v) is 19.5. The second-order valence-electron chi connectivity index (χ2n) is 6.52. The standard InChI is InChI=1S/C22H31N3O2.HI/c1-17(18-9-11-21(27-4)12-10-18)13-14-24-22(23-2)25-15-19-7-5-6-8-20(19)16-26-3;/h5-12,17H,13-16H2,1-4H3,(H2,23,24,25);1H. The molecule has 0 amide bonds. The Morgan fingerprint density at radius 2 is 1.68 bits per heavy atom. The van der Waals surface area contributed by atoms with Gasteiger partial charge in [0.1, 0.15) is 5.75 Å². The highest BCUT2D eigenvalue weighted by Gasteiger charge is 2.07. The summed E-state index contributed by atoms with van der Waals surface area (Å²) in [5.41, 5.74) is 3.72. The van der Waals surface area contributed by atoms with Crippen molar-refractivity contribution in [3.05, 3.63) is 65.2 Å². The van der Waals surface area contributed by atoms with Gasteiger partial charge in [0.2, 0.25) is 0 Å². The van der Waals surface area contributed by atoms with E-state index in [1.54, 1.807) is 21.3 Å². The topological polar surface area (TPSA) is 54.9 Å². The molecule has 0 radical (unpaired) electrons. The summed E-state index contributed by atoms with van der Waals surface area (Å²) in [4.78, 5) is 4.32. The highest BCUT2D eigenvalue weighted by atomic mass is 127. The number of nitrogens with zero attached hydrogens (tertiary/aromatic N) is 1. The summed E-state index contributed by atoms with van der Waals surface area (Å²) in [5.74, 6) is 2.16. The molecule has 0 fully saturated rings. The van der Waals surface area contributed by atoms with Crippen molar-refractivity contribution in [2.24, 2.45) is 4.99 Å². The van der Waals surface area contributed by atoms with Crippen LogP contribution in [0.3, 0.4) is 0 Å². The Morgan fingerprint density at radius 3 is 2.29 bits per heavy atom. The summed E-state index contributed by atoms with van der Waals surface area (Å²) in [6.07, 6.45) is 1.02. The maximum absolute atomic E-state index is 5.27. The van der Waals surface area contributed by atoms with Gasteiger partial charge in [-0.2, -0.15) is 0 Å². The molecule has 0 bridgehead atoms. The van der Waals surface area contributed by atoms with Crippen LogP contribution in [0.4, 0.5) is 0 Å². The molecule has 2 N–H and O–H groups in total. The number of methoxy groups -OCH3 is 2. The molecule has 0 saturated carbocycles. The number of benzene rings is 2. The van der Waals surface area contributed by atoms with Gasteiger partial charge in [-0.25, -0.2) is 0 Å². The summed E-state index contributed by atoms with van der Waals surface area (Å²) in [6, 6.07) is 16.6. The highest BCUT2D eigenvalue weighted by Crippen LogP contribution is 2.21. The lowest BCUT2D eigenvalue weighted by Gasteiger charge is -2.16. The smallest absolute Gasteiger partial charge is 0.191 e. The first-order valence-electron chi connectivity index (χ1n) is 9.32. The maximum atomic E-state index is 5.27. The molecule has 28 heavy (non-hydrogen) atoms. The first-order chi connectivity index (χ1) is 13.2. The minimum atomic E-state index is 0. The molecule has 0 spiro atoms. The van der Waals surface area contributed by atoms with E-state index in [-0.39, 0.29) is 24.0 Å². The first-order valence-corrected chi connectivity index (χ1v) is 9.32. The van der Waals surface area contributed by atoms with Gasteiger partial charge in [-0.15, -0.1) is 24.0 Å². The molecule has 2 aromatic rings. The third kappa shape index (κ3) is 7.67. The number of halogens is 1. The lowest BCUT2D eigenvalue weighted by molar-refractivity contribution is 0.184. The van der Waals surface area contributed by atoms with Gasteiger partial charge < -0.3 is 20.1 Å². The van der Waals surface area contributed by atoms with Crippen LogP contribution in [0, 0.1) is 0 Å². The number of aliphatic imine (C=N–C) groups is 1. The number of rotatable bonds is 9. The summed E-state index contributed by atoms with van der Waals surface area (Å²) >= 11 is 0. The fourth-order valence-electron chi connectivity index (χ4n) is 2.93. The van der Waals surface area contributed by atoms with E-state index in [1.165, 1.54) is 16.7 Å². The van der Waals surface area contributed by atoms with Crippen molar-refractivity contribution < 1.29 is 9.47 Å². The zero-order chi connectivity index (χ0) is 19.5. The van der Waals surface area contributed by atoms with Gasteiger partial charge in [0.25, 0.3) is 0 Å². The largest absolute Gasteiger partial charge is 0.497 e. The van der Waals surface area contributed by atoms with Crippen LogP contribution in [-0.2, 0) is 17.9 Å². The van der Waals surface area contributed by atoms with Crippen LogP contribution in [-0.4, -0.2) is 33.8 Å². The van der Waals surface area contributed by atoms with Crippen molar-refractivity contribution in [1.29, 1.82) is 0 Å². The molecular formula is C22H32IN3O2. The normalized spacial score (nSPS) is 12.1. The van der Waals surface area contributed by atoms with Gasteiger partial charge in [-0.3, -0.25) is 4.99 Å². The second kappa shape index (κ2) is 13.4. The molecule has 0 aliphatic carbocycles. The lowest BCUT2D eigenvalue weighted by atomic mass is 9.98. The minimum Gasteiger partial charge on any atom is -0.497 e. The average molecular weight is 497 g/mol. The van der Waals surface area contributed by atoms with Crippen molar-refractivity contribution in [1.82, 2.24) is 10.6 Å². The Kier molecular flexibility index (Phi) is 11.6. The Bertz CT molecular complexity index is 720. The molecule has 1 unspecified atom stereocenters. The van der Waals surface area contributed by atoms with E-state index in [4.69, 9.17) is 9.47 Å². The zero-order valence-electron chi connectivity index (χ0n) is 17.2. The van der Waals surface area contributed by atoms with E-state index >= 15 is 0 Å². The van der Waals surface area contributed by atoms with Crippen molar-refractivity contribution >= 4 is 29.9 Å². The van der Waals surface area contributed by atoms with Crippen LogP contribution in [0.2, 0.25) is 0 Å². The molecule has 2 rings (SSSR count). The van der Waals surface area contributed by atoms with Gasteiger partial charge in [-0.1, -0.05) is 43.3 Å². The number of guanidine groups is 1. The van der Waals surface area contributed by atoms with Crippen molar-refractivity contribution in [3.63, 3.8) is 0 Å². The van der Waals surface area contributed by atoms with Crippen molar-refractivity contribution in [2.75, 3.05) is 27.8 Å². The molecule has 1 atom stereocenters.